The van der Waals surface area contributed by atoms with E-state index in [1.807, 2.05) is 12.1 Å². The minimum Gasteiger partial charge on any atom is -0.371 e. The van der Waals surface area contributed by atoms with Gasteiger partial charge in [0, 0.05) is 37.4 Å². The average Bonchev–Trinajstić information content (AvgIpc) is 3.04. The second kappa shape index (κ2) is 18.2. The lowest BCUT2D eigenvalue weighted by atomic mass is 9.89. The number of nitrogens with zero attached hydrogens (tertiary/aromatic N) is 1. The Kier molecular flexibility index (Phi) is 13.8. The molecule has 0 spiro atoms. The van der Waals surface area contributed by atoms with Crippen molar-refractivity contribution in [3.63, 3.8) is 0 Å². The van der Waals surface area contributed by atoms with E-state index in [1.54, 1.807) is 18.2 Å². The molecule has 0 saturated carbocycles. The number of hydrogen-bond donors (Lipinski definition) is 2. The van der Waals surface area contributed by atoms with Gasteiger partial charge in [-0.15, -0.1) is 0 Å². The highest BCUT2D eigenvalue weighted by Gasteiger charge is 2.24. The van der Waals surface area contributed by atoms with Crippen LogP contribution in [0.4, 0.5) is 15.8 Å². The molecule has 44 heavy (non-hydrogen) atoms. The molecular weight excluding hydrogens is 549 g/mol. The number of benzene rings is 3. The van der Waals surface area contributed by atoms with Gasteiger partial charge in [-0.05, 0) is 73.1 Å². The van der Waals surface area contributed by atoms with Gasteiger partial charge in [0.1, 0.15) is 5.82 Å². The van der Waals surface area contributed by atoms with Crippen LogP contribution in [0.2, 0.25) is 0 Å². The van der Waals surface area contributed by atoms with E-state index in [2.05, 4.69) is 52.8 Å². The average molecular weight is 600 g/mol. The molecule has 1 aliphatic heterocycles. The molecule has 0 radical (unpaired) electrons. The number of amides is 2. The summed E-state index contributed by atoms with van der Waals surface area (Å²) in [6.07, 6.45) is 14.6. The van der Waals surface area contributed by atoms with Gasteiger partial charge in [-0.2, -0.15) is 0 Å². The minimum atomic E-state index is -0.302. The van der Waals surface area contributed by atoms with Crippen molar-refractivity contribution < 1.29 is 14.0 Å². The number of hydrogen-bond acceptors (Lipinski definition) is 3. The molecule has 1 saturated heterocycles. The molecule has 0 bridgehead atoms. The Bertz CT molecular complexity index is 1290. The number of unbranched alkanes of at least 4 members (excludes halogenated alkanes) is 8. The Morgan fingerprint density at radius 1 is 0.795 bits per heavy atom. The van der Waals surface area contributed by atoms with Gasteiger partial charge >= 0.3 is 0 Å². The molecule has 0 aliphatic carbocycles. The van der Waals surface area contributed by atoms with Crippen LogP contribution in [0.15, 0.2) is 72.8 Å². The first-order chi connectivity index (χ1) is 21.5. The maximum Gasteiger partial charge on any atom is 0.253 e. The quantitative estimate of drug-likeness (QED) is 0.152. The molecule has 4 rings (SSSR count). The minimum absolute atomic E-state index is 0.0138. The highest BCUT2D eigenvalue weighted by atomic mass is 19.1. The third kappa shape index (κ3) is 11.1. The third-order valence-electron chi connectivity index (χ3n) is 8.72. The molecule has 2 N–H and O–H groups in total. The van der Waals surface area contributed by atoms with E-state index in [9.17, 15) is 14.0 Å². The van der Waals surface area contributed by atoms with E-state index in [0.29, 0.717) is 30.1 Å². The van der Waals surface area contributed by atoms with Gasteiger partial charge in [0.25, 0.3) is 5.91 Å². The fourth-order valence-corrected chi connectivity index (χ4v) is 6.10. The lowest BCUT2D eigenvalue weighted by Crippen LogP contribution is -2.36. The first-order valence-corrected chi connectivity index (χ1v) is 16.8. The van der Waals surface area contributed by atoms with Crippen LogP contribution in [0.1, 0.15) is 105 Å². The number of piperidine rings is 1. The standard InChI is InChI=1S/C38H50FN3O2/c1-2-3-4-5-6-7-8-9-13-16-37(43)41-34-21-22-36(35(28-34)38(44)40-29-32-17-19-33(39)20-18-32)42-25-23-31(24-26-42)27-30-14-11-10-12-15-30/h10-12,14-15,17-22,28,31H,2-9,13,16,23-27,29H2,1H3,(H,40,44)(H,41,43). The van der Waals surface area contributed by atoms with E-state index in [4.69, 9.17) is 0 Å². The summed E-state index contributed by atoms with van der Waals surface area (Å²) >= 11 is 0. The molecule has 1 fully saturated rings. The maximum absolute atomic E-state index is 13.5. The molecule has 1 aliphatic rings. The van der Waals surface area contributed by atoms with Crippen molar-refractivity contribution in [2.75, 3.05) is 23.3 Å². The third-order valence-corrected chi connectivity index (χ3v) is 8.72. The predicted octanol–water partition coefficient (Wildman–Crippen LogP) is 9.07. The molecule has 3 aromatic rings. The van der Waals surface area contributed by atoms with Crippen LogP contribution in [0, 0.1) is 11.7 Å². The van der Waals surface area contributed by atoms with Gasteiger partial charge in [0.15, 0.2) is 0 Å². The number of nitrogens with one attached hydrogen (secondary N) is 2. The second-order valence-corrected chi connectivity index (χ2v) is 12.3. The number of anilines is 2. The van der Waals surface area contributed by atoms with E-state index >= 15 is 0 Å². The Labute approximate surface area is 263 Å². The zero-order valence-corrected chi connectivity index (χ0v) is 26.5. The molecule has 0 aromatic heterocycles. The number of carbonyl (C=O) groups excluding carboxylic acids is 2. The normalized spacial score (nSPS) is 13.5. The van der Waals surface area contributed by atoms with E-state index in [-0.39, 0.29) is 17.6 Å². The Morgan fingerprint density at radius 2 is 1.45 bits per heavy atom. The summed E-state index contributed by atoms with van der Waals surface area (Å²) in [5.74, 6) is 0.0961. The van der Waals surface area contributed by atoms with Gasteiger partial charge in [-0.1, -0.05) is 101 Å². The van der Waals surface area contributed by atoms with E-state index in [0.717, 1.165) is 56.4 Å². The summed E-state index contributed by atoms with van der Waals surface area (Å²) in [5.41, 5.74) is 4.27. The summed E-state index contributed by atoms with van der Waals surface area (Å²) in [6.45, 7) is 4.29. The SMILES string of the molecule is CCCCCCCCCCCC(=O)Nc1ccc(N2CCC(Cc3ccccc3)CC2)c(C(=O)NCc2ccc(F)cc2)c1. The first-order valence-electron chi connectivity index (χ1n) is 16.8. The molecule has 0 unspecified atom stereocenters. The van der Waals surface area contributed by atoms with E-state index in [1.165, 1.54) is 62.6 Å². The Balaban J connectivity index is 1.34. The topological polar surface area (TPSA) is 61.4 Å². The van der Waals surface area contributed by atoms with Crippen molar-refractivity contribution in [1.29, 1.82) is 0 Å². The Morgan fingerprint density at radius 3 is 2.14 bits per heavy atom. The summed E-state index contributed by atoms with van der Waals surface area (Å²) in [4.78, 5) is 28.6. The van der Waals surface area contributed by atoms with Crippen molar-refractivity contribution in [3.8, 4) is 0 Å². The van der Waals surface area contributed by atoms with Crippen molar-refractivity contribution in [2.45, 2.75) is 96.9 Å². The van der Waals surface area contributed by atoms with Crippen LogP contribution < -0.4 is 15.5 Å². The number of halogens is 1. The second-order valence-electron chi connectivity index (χ2n) is 12.3. The monoisotopic (exact) mass is 599 g/mol. The Hall–Kier alpha value is -3.67. The molecule has 0 atom stereocenters. The van der Waals surface area contributed by atoms with Gasteiger partial charge in [0.2, 0.25) is 5.91 Å². The fourth-order valence-electron chi connectivity index (χ4n) is 6.10. The molecule has 1 heterocycles. The highest BCUT2D eigenvalue weighted by molar-refractivity contribution is 6.02. The van der Waals surface area contributed by atoms with Crippen molar-refractivity contribution >= 4 is 23.2 Å². The zero-order valence-electron chi connectivity index (χ0n) is 26.5. The van der Waals surface area contributed by atoms with Gasteiger partial charge in [0.05, 0.1) is 5.56 Å². The molecular formula is C38H50FN3O2. The number of carbonyl (C=O) groups is 2. The van der Waals surface area contributed by atoms with Gasteiger partial charge in [-0.25, -0.2) is 4.39 Å². The molecule has 2 amide bonds. The number of rotatable bonds is 17. The van der Waals surface area contributed by atoms with Gasteiger partial charge in [-0.3, -0.25) is 9.59 Å². The molecule has 3 aromatic carbocycles. The van der Waals surface area contributed by atoms with Crippen molar-refractivity contribution in [2.24, 2.45) is 5.92 Å². The fraction of sp³-hybridized carbons (Fsp3) is 0.474. The lowest BCUT2D eigenvalue weighted by molar-refractivity contribution is -0.116. The molecule has 6 heteroatoms. The zero-order chi connectivity index (χ0) is 31.0. The van der Waals surface area contributed by atoms with Crippen molar-refractivity contribution in [3.05, 3.63) is 95.3 Å². The van der Waals surface area contributed by atoms with Crippen LogP contribution in [0.3, 0.4) is 0 Å². The maximum atomic E-state index is 13.5. The molecule has 5 nitrogen and oxygen atoms in total. The van der Waals surface area contributed by atoms with Crippen LogP contribution in [-0.4, -0.2) is 24.9 Å². The van der Waals surface area contributed by atoms with Gasteiger partial charge < -0.3 is 15.5 Å². The summed E-state index contributed by atoms with van der Waals surface area (Å²) in [6, 6.07) is 22.5. The van der Waals surface area contributed by atoms with Crippen molar-refractivity contribution in [1.82, 2.24) is 5.32 Å². The van der Waals surface area contributed by atoms with Crippen LogP contribution >= 0.6 is 0 Å². The summed E-state index contributed by atoms with van der Waals surface area (Å²) in [7, 11) is 0. The van der Waals surface area contributed by atoms with Crippen LogP contribution in [0.5, 0.6) is 0 Å². The van der Waals surface area contributed by atoms with Crippen LogP contribution in [-0.2, 0) is 17.8 Å². The summed E-state index contributed by atoms with van der Waals surface area (Å²) < 4.78 is 13.4. The highest BCUT2D eigenvalue weighted by Crippen LogP contribution is 2.30. The predicted molar refractivity (Wildman–Crippen MR) is 180 cm³/mol. The first kappa shape index (κ1) is 33.2. The molecule has 236 valence electrons. The van der Waals surface area contributed by atoms with Crippen LogP contribution in [0.25, 0.3) is 0 Å². The summed E-state index contributed by atoms with van der Waals surface area (Å²) in [5, 5.41) is 6.03. The van der Waals surface area contributed by atoms with E-state index < -0.39 is 0 Å². The largest absolute Gasteiger partial charge is 0.371 e. The smallest absolute Gasteiger partial charge is 0.253 e. The lowest BCUT2D eigenvalue weighted by Gasteiger charge is -2.35.